The summed E-state index contributed by atoms with van der Waals surface area (Å²) in [7, 11) is 0. The summed E-state index contributed by atoms with van der Waals surface area (Å²) in [6.07, 6.45) is 6.52. The fourth-order valence-corrected chi connectivity index (χ4v) is 4.88. The Labute approximate surface area is 132 Å². The fraction of sp³-hybridized carbons (Fsp3) is 0.667. The summed E-state index contributed by atoms with van der Waals surface area (Å²) in [6.45, 7) is 2.06. The molecular formula is C15H22BrNO2S. The van der Waals surface area contributed by atoms with Crippen LogP contribution in [-0.2, 0) is 4.79 Å². The lowest BCUT2D eigenvalue weighted by Gasteiger charge is -2.38. The molecule has 2 rings (SSSR count). The van der Waals surface area contributed by atoms with Crippen LogP contribution in [-0.4, -0.2) is 11.1 Å². The van der Waals surface area contributed by atoms with E-state index in [1.54, 1.807) is 11.3 Å². The van der Waals surface area contributed by atoms with Gasteiger partial charge >= 0.3 is 5.97 Å². The summed E-state index contributed by atoms with van der Waals surface area (Å²) >= 11 is 5.20. The number of halogens is 1. The quantitative estimate of drug-likeness (QED) is 0.804. The van der Waals surface area contributed by atoms with Crippen molar-refractivity contribution in [1.29, 1.82) is 0 Å². The Balaban J connectivity index is 2.12. The molecule has 0 spiro atoms. The molecule has 1 atom stereocenters. The van der Waals surface area contributed by atoms with Crippen LogP contribution in [0.25, 0.3) is 0 Å². The number of hydrogen-bond donors (Lipinski definition) is 2. The minimum absolute atomic E-state index is 0.0533. The van der Waals surface area contributed by atoms with E-state index < -0.39 is 5.97 Å². The molecule has 1 aliphatic carbocycles. The number of carboxylic acid groups (broad SMARTS) is 1. The predicted octanol–water partition coefficient (Wildman–Crippen LogP) is 4.63. The Kier molecular flexibility index (Phi) is 5.26. The highest BCUT2D eigenvalue weighted by Crippen LogP contribution is 2.46. The second-order valence-corrected chi connectivity index (χ2v) is 8.45. The third kappa shape index (κ3) is 3.83. The molecule has 3 nitrogen and oxygen atoms in total. The molecule has 5 heteroatoms. The zero-order chi connectivity index (χ0) is 14.8. The zero-order valence-corrected chi connectivity index (χ0v) is 14.2. The summed E-state index contributed by atoms with van der Waals surface area (Å²) in [5.41, 5.74) is 7.47. The lowest BCUT2D eigenvalue weighted by Crippen LogP contribution is -2.31. The molecule has 1 fully saturated rings. The van der Waals surface area contributed by atoms with E-state index in [0.29, 0.717) is 0 Å². The molecule has 1 aromatic rings. The highest BCUT2D eigenvalue weighted by molar-refractivity contribution is 9.11. The molecule has 1 unspecified atom stereocenters. The van der Waals surface area contributed by atoms with E-state index in [-0.39, 0.29) is 17.9 Å². The largest absolute Gasteiger partial charge is 0.481 e. The van der Waals surface area contributed by atoms with Crippen molar-refractivity contribution in [2.24, 2.45) is 11.1 Å². The highest BCUT2D eigenvalue weighted by Gasteiger charge is 2.36. The second kappa shape index (κ2) is 6.58. The number of thiophene rings is 1. The van der Waals surface area contributed by atoms with E-state index in [1.165, 1.54) is 12.0 Å². The molecule has 0 aliphatic heterocycles. The molecule has 0 amide bonds. The first-order valence-corrected chi connectivity index (χ1v) is 8.76. The average Bonchev–Trinajstić information content (AvgIpc) is 2.69. The number of rotatable bonds is 5. The zero-order valence-electron chi connectivity index (χ0n) is 11.8. The van der Waals surface area contributed by atoms with E-state index in [4.69, 9.17) is 5.73 Å². The van der Waals surface area contributed by atoms with Crippen molar-refractivity contribution in [3.05, 3.63) is 20.3 Å². The number of aliphatic carboxylic acids is 1. The van der Waals surface area contributed by atoms with Gasteiger partial charge in [0.15, 0.2) is 0 Å². The maximum absolute atomic E-state index is 11.2. The van der Waals surface area contributed by atoms with Crippen LogP contribution in [0.2, 0.25) is 0 Å². The maximum Gasteiger partial charge on any atom is 0.303 e. The van der Waals surface area contributed by atoms with Crippen molar-refractivity contribution in [1.82, 2.24) is 0 Å². The van der Waals surface area contributed by atoms with Gasteiger partial charge < -0.3 is 10.8 Å². The third-order valence-electron chi connectivity index (χ3n) is 4.34. The summed E-state index contributed by atoms with van der Waals surface area (Å²) in [5, 5.41) is 9.22. The van der Waals surface area contributed by atoms with Crippen molar-refractivity contribution >= 4 is 33.2 Å². The smallest absolute Gasteiger partial charge is 0.303 e. The number of hydrogen-bond acceptors (Lipinski definition) is 3. The van der Waals surface area contributed by atoms with Gasteiger partial charge in [0.1, 0.15) is 0 Å². The van der Waals surface area contributed by atoms with Gasteiger partial charge in [-0.25, -0.2) is 0 Å². The SMILES string of the molecule is Cc1cc(C(N)CC2(CC(=O)O)CCCCC2)sc1Br. The summed E-state index contributed by atoms with van der Waals surface area (Å²) in [4.78, 5) is 12.4. The lowest BCUT2D eigenvalue weighted by molar-refractivity contribution is -0.140. The normalized spacial score (nSPS) is 19.8. The molecule has 0 bridgehead atoms. The van der Waals surface area contributed by atoms with E-state index in [2.05, 4.69) is 28.9 Å². The van der Waals surface area contributed by atoms with Crippen LogP contribution >= 0.6 is 27.3 Å². The van der Waals surface area contributed by atoms with Crippen LogP contribution in [0.4, 0.5) is 0 Å². The molecule has 112 valence electrons. The summed E-state index contributed by atoms with van der Waals surface area (Å²) in [6, 6.07) is 2.07. The van der Waals surface area contributed by atoms with Gasteiger partial charge in [-0.3, -0.25) is 4.79 Å². The van der Waals surface area contributed by atoms with E-state index in [1.807, 2.05) is 0 Å². The van der Waals surface area contributed by atoms with E-state index >= 15 is 0 Å². The van der Waals surface area contributed by atoms with Gasteiger partial charge in [0.2, 0.25) is 0 Å². The van der Waals surface area contributed by atoms with Crippen LogP contribution < -0.4 is 5.73 Å². The fourth-order valence-electron chi connectivity index (χ4n) is 3.31. The van der Waals surface area contributed by atoms with E-state index in [0.717, 1.165) is 40.8 Å². The van der Waals surface area contributed by atoms with Gasteiger partial charge in [0, 0.05) is 10.9 Å². The maximum atomic E-state index is 11.2. The van der Waals surface area contributed by atoms with Crippen LogP contribution in [0, 0.1) is 12.3 Å². The van der Waals surface area contributed by atoms with Crippen molar-refractivity contribution < 1.29 is 9.90 Å². The molecule has 1 aromatic heterocycles. The van der Waals surface area contributed by atoms with Gasteiger partial charge in [0.05, 0.1) is 10.2 Å². The Morgan fingerprint density at radius 3 is 2.65 bits per heavy atom. The standard InChI is InChI=1S/C15H22BrNO2S/c1-10-7-12(20-14(10)16)11(17)8-15(9-13(18)19)5-3-2-4-6-15/h7,11H,2-6,8-9,17H2,1H3,(H,18,19). The summed E-state index contributed by atoms with van der Waals surface area (Å²) in [5.74, 6) is -0.692. The van der Waals surface area contributed by atoms with Gasteiger partial charge in [-0.05, 0) is 59.2 Å². The van der Waals surface area contributed by atoms with Gasteiger partial charge in [-0.15, -0.1) is 11.3 Å². The predicted molar refractivity (Wildman–Crippen MR) is 86.1 cm³/mol. The molecule has 3 N–H and O–H groups in total. The topological polar surface area (TPSA) is 63.3 Å². The number of carbonyl (C=O) groups is 1. The average molecular weight is 360 g/mol. The molecule has 1 saturated carbocycles. The minimum atomic E-state index is -0.692. The second-order valence-electron chi connectivity index (χ2n) is 6.05. The number of carboxylic acids is 1. The molecular weight excluding hydrogens is 338 g/mol. The molecule has 0 radical (unpaired) electrons. The Bertz CT molecular complexity index is 461. The van der Waals surface area contributed by atoms with Gasteiger partial charge in [-0.2, -0.15) is 0 Å². The van der Waals surface area contributed by atoms with Crippen LogP contribution in [0.3, 0.4) is 0 Å². The lowest BCUT2D eigenvalue weighted by atomic mass is 9.68. The first-order chi connectivity index (χ1) is 9.42. The van der Waals surface area contributed by atoms with Crippen molar-refractivity contribution in [3.63, 3.8) is 0 Å². The van der Waals surface area contributed by atoms with Crippen molar-refractivity contribution in [2.45, 2.75) is 57.9 Å². The molecule has 0 aromatic carbocycles. The van der Waals surface area contributed by atoms with Gasteiger partial charge in [-0.1, -0.05) is 19.3 Å². The van der Waals surface area contributed by atoms with Crippen molar-refractivity contribution in [3.8, 4) is 0 Å². The Hall–Kier alpha value is -0.390. The first-order valence-electron chi connectivity index (χ1n) is 7.15. The number of aryl methyl sites for hydroxylation is 1. The van der Waals surface area contributed by atoms with Crippen LogP contribution in [0.1, 0.15) is 61.4 Å². The summed E-state index contributed by atoms with van der Waals surface area (Å²) < 4.78 is 1.12. The number of nitrogens with two attached hydrogens (primary N) is 1. The third-order valence-corrected chi connectivity index (χ3v) is 6.60. The molecule has 0 saturated heterocycles. The van der Waals surface area contributed by atoms with Crippen LogP contribution in [0.15, 0.2) is 9.85 Å². The van der Waals surface area contributed by atoms with Crippen molar-refractivity contribution in [2.75, 3.05) is 0 Å². The Morgan fingerprint density at radius 1 is 1.50 bits per heavy atom. The van der Waals surface area contributed by atoms with Crippen LogP contribution in [0.5, 0.6) is 0 Å². The Morgan fingerprint density at radius 2 is 2.15 bits per heavy atom. The molecule has 1 aliphatic rings. The van der Waals surface area contributed by atoms with E-state index in [9.17, 15) is 9.90 Å². The monoisotopic (exact) mass is 359 g/mol. The minimum Gasteiger partial charge on any atom is -0.481 e. The molecule has 1 heterocycles. The highest BCUT2D eigenvalue weighted by atomic mass is 79.9. The first kappa shape index (κ1) is 16.0. The van der Waals surface area contributed by atoms with Gasteiger partial charge in [0.25, 0.3) is 0 Å². The molecule has 20 heavy (non-hydrogen) atoms.